The quantitative estimate of drug-likeness (QED) is 0.582. The lowest BCUT2D eigenvalue weighted by atomic mass is 10.1. The van der Waals surface area contributed by atoms with Crippen molar-refractivity contribution in [2.24, 2.45) is 7.05 Å². The zero-order valence-corrected chi connectivity index (χ0v) is 17.4. The number of carboxylic acid groups (broad SMARTS) is 1. The number of hydrogen-bond acceptors (Lipinski definition) is 5. The molecule has 2 aromatic carbocycles. The summed E-state index contributed by atoms with van der Waals surface area (Å²) >= 11 is 0. The molecular formula is C22H19F4N3O4. The summed E-state index contributed by atoms with van der Waals surface area (Å²) in [6, 6.07) is 6.73. The van der Waals surface area contributed by atoms with E-state index in [0.717, 1.165) is 22.5 Å². The summed E-state index contributed by atoms with van der Waals surface area (Å²) in [5, 5.41) is 8.86. The number of pyridine rings is 1. The predicted octanol–water partition coefficient (Wildman–Crippen LogP) is 3.44. The van der Waals surface area contributed by atoms with E-state index in [9.17, 15) is 27.9 Å². The molecule has 33 heavy (non-hydrogen) atoms. The maximum atomic E-state index is 15.2. The summed E-state index contributed by atoms with van der Waals surface area (Å²) in [5.74, 6) is -3.41. The third-order valence-electron chi connectivity index (χ3n) is 5.57. The van der Waals surface area contributed by atoms with E-state index >= 15 is 4.39 Å². The molecule has 2 heterocycles. The second-order valence-electron chi connectivity index (χ2n) is 7.55. The first-order chi connectivity index (χ1) is 15.7. The molecule has 4 rings (SSSR count). The van der Waals surface area contributed by atoms with E-state index in [1.54, 1.807) is 12.1 Å². The molecule has 3 aromatic rings. The second kappa shape index (κ2) is 8.64. The van der Waals surface area contributed by atoms with Crippen LogP contribution in [0.4, 0.5) is 28.9 Å². The number of anilines is 2. The van der Waals surface area contributed by atoms with E-state index in [1.165, 1.54) is 24.1 Å². The summed E-state index contributed by atoms with van der Waals surface area (Å²) in [6.45, 7) is -2.04. The molecule has 0 bridgehead atoms. The molecule has 0 atom stereocenters. The highest BCUT2D eigenvalue weighted by Gasteiger charge is 2.29. The van der Waals surface area contributed by atoms with E-state index in [2.05, 4.69) is 4.74 Å². The van der Waals surface area contributed by atoms with Crippen molar-refractivity contribution in [3.8, 4) is 5.75 Å². The van der Waals surface area contributed by atoms with Crippen LogP contribution in [-0.2, 0) is 7.05 Å². The van der Waals surface area contributed by atoms with Gasteiger partial charge < -0.3 is 24.2 Å². The number of ether oxygens (including phenoxy) is 1. The molecule has 0 saturated carbocycles. The highest BCUT2D eigenvalue weighted by Crippen LogP contribution is 2.39. The minimum absolute atomic E-state index is 0.136. The SMILES string of the molecule is Cn1cc(C(=O)O)c(=O)c2cc(F)c(N3CCN(c4ccc(F)cc4)CC3)c(OC(F)F)c21. The lowest BCUT2D eigenvalue weighted by Gasteiger charge is -2.38. The summed E-state index contributed by atoms with van der Waals surface area (Å²) in [6.07, 6.45) is 0.986. The maximum absolute atomic E-state index is 15.2. The van der Waals surface area contributed by atoms with Gasteiger partial charge in [-0.15, -0.1) is 0 Å². The Bertz CT molecular complexity index is 1270. The summed E-state index contributed by atoms with van der Waals surface area (Å²) in [7, 11) is 1.36. The van der Waals surface area contributed by atoms with Crippen molar-refractivity contribution in [2.45, 2.75) is 6.61 Å². The Hall–Kier alpha value is -3.76. The van der Waals surface area contributed by atoms with Crippen LogP contribution in [-0.4, -0.2) is 48.4 Å². The van der Waals surface area contributed by atoms with Gasteiger partial charge in [-0.1, -0.05) is 0 Å². The van der Waals surface area contributed by atoms with E-state index < -0.39 is 35.1 Å². The number of nitrogens with zero attached hydrogens (tertiary/aromatic N) is 3. The maximum Gasteiger partial charge on any atom is 0.387 e. The number of halogens is 4. The van der Waals surface area contributed by atoms with Crippen LogP contribution in [0.25, 0.3) is 10.9 Å². The van der Waals surface area contributed by atoms with Crippen LogP contribution in [0, 0.1) is 11.6 Å². The number of piperazine rings is 1. The van der Waals surface area contributed by atoms with Gasteiger partial charge in [0.15, 0.2) is 11.6 Å². The van der Waals surface area contributed by atoms with Gasteiger partial charge >= 0.3 is 12.6 Å². The number of carbonyl (C=O) groups is 1. The van der Waals surface area contributed by atoms with Crippen molar-refractivity contribution in [3.05, 3.63) is 63.9 Å². The van der Waals surface area contributed by atoms with Crippen LogP contribution >= 0.6 is 0 Å². The Kier molecular flexibility index (Phi) is 5.88. The highest BCUT2D eigenvalue weighted by molar-refractivity contribution is 5.97. The first-order valence-electron chi connectivity index (χ1n) is 9.96. The largest absolute Gasteiger partial charge is 0.477 e. The molecule has 174 valence electrons. The molecule has 1 aliphatic rings. The number of aryl methyl sites for hydroxylation is 1. The molecule has 1 saturated heterocycles. The van der Waals surface area contributed by atoms with Crippen LogP contribution < -0.4 is 20.0 Å². The van der Waals surface area contributed by atoms with Crippen LogP contribution in [0.3, 0.4) is 0 Å². The van der Waals surface area contributed by atoms with Gasteiger partial charge in [0, 0.05) is 45.1 Å². The average Bonchev–Trinajstić information content (AvgIpc) is 2.76. The topological polar surface area (TPSA) is 75.0 Å². The molecule has 7 nitrogen and oxygen atoms in total. The number of carboxylic acids is 1. The number of benzene rings is 2. The second-order valence-corrected chi connectivity index (χ2v) is 7.55. The standard InChI is InChI=1S/C22H19F4N3O4/c1-27-11-15(21(31)32)19(30)14-10-16(24)18(20(17(14)27)33-22(25)26)29-8-6-28(7-9-29)13-4-2-12(23)3-5-13/h2-5,10-11,22H,6-9H2,1H3,(H,31,32). The van der Waals surface area contributed by atoms with Crippen molar-refractivity contribution >= 4 is 28.2 Å². The fourth-order valence-electron chi connectivity index (χ4n) is 4.08. The van der Waals surface area contributed by atoms with E-state index in [0.29, 0.717) is 13.1 Å². The minimum Gasteiger partial charge on any atom is -0.477 e. The third kappa shape index (κ3) is 4.18. The number of fused-ring (bicyclic) bond motifs is 1. The predicted molar refractivity (Wildman–Crippen MR) is 114 cm³/mol. The molecule has 1 fully saturated rings. The van der Waals surface area contributed by atoms with Gasteiger partial charge in [0.1, 0.15) is 17.1 Å². The minimum atomic E-state index is -3.30. The van der Waals surface area contributed by atoms with E-state index in [4.69, 9.17) is 0 Å². The molecule has 11 heteroatoms. The zero-order valence-electron chi connectivity index (χ0n) is 17.4. The number of aromatic carboxylic acids is 1. The van der Waals surface area contributed by atoms with Gasteiger partial charge in [0.05, 0.1) is 10.9 Å². The number of rotatable bonds is 5. The molecule has 0 spiro atoms. The smallest absolute Gasteiger partial charge is 0.387 e. The highest BCUT2D eigenvalue weighted by atomic mass is 19.3. The molecule has 0 radical (unpaired) electrons. The first kappa shape index (κ1) is 22.4. The van der Waals surface area contributed by atoms with Crippen molar-refractivity contribution in [2.75, 3.05) is 36.0 Å². The number of aromatic nitrogens is 1. The van der Waals surface area contributed by atoms with Gasteiger partial charge in [-0.25, -0.2) is 13.6 Å². The average molecular weight is 465 g/mol. The monoisotopic (exact) mass is 465 g/mol. The van der Waals surface area contributed by atoms with Crippen molar-refractivity contribution in [3.63, 3.8) is 0 Å². The molecule has 0 unspecified atom stereocenters. The molecule has 0 amide bonds. The van der Waals surface area contributed by atoms with Gasteiger partial charge in [-0.3, -0.25) is 4.79 Å². The van der Waals surface area contributed by atoms with Crippen LogP contribution in [0.15, 0.2) is 41.3 Å². The zero-order chi connectivity index (χ0) is 23.9. The van der Waals surface area contributed by atoms with Crippen molar-refractivity contribution < 1.29 is 32.2 Å². The van der Waals surface area contributed by atoms with Crippen LogP contribution in [0.2, 0.25) is 0 Å². The molecule has 1 N–H and O–H groups in total. The van der Waals surface area contributed by atoms with Crippen LogP contribution in [0.5, 0.6) is 5.75 Å². The summed E-state index contributed by atoms with van der Waals surface area (Å²) in [5.41, 5.74) is -1.22. The lowest BCUT2D eigenvalue weighted by molar-refractivity contribution is -0.0488. The Labute approximate surface area is 185 Å². The Balaban J connectivity index is 1.77. The van der Waals surface area contributed by atoms with Gasteiger partial charge in [0.2, 0.25) is 5.43 Å². The van der Waals surface area contributed by atoms with Gasteiger partial charge in [-0.05, 0) is 30.3 Å². The first-order valence-corrected chi connectivity index (χ1v) is 9.96. The normalized spacial score (nSPS) is 14.2. The Morgan fingerprint density at radius 3 is 2.24 bits per heavy atom. The third-order valence-corrected chi connectivity index (χ3v) is 5.57. The van der Waals surface area contributed by atoms with Crippen molar-refractivity contribution in [1.82, 2.24) is 4.57 Å². The van der Waals surface area contributed by atoms with Crippen molar-refractivity contribution in [1.29, 1.82) is 0 Å². The summed E-state index contributed by atoms with van der Waals surface area (Å²) in [4.78, 5) is 27.4. The molecule has 1 aromatic heterocycles. The Morgan fingerprint density at radius 1 is 1.06 bits per heavy atom. The fourth-order valence-corrected chi connectivity index (χ4v) is 4.08. The van der Waals surface area contributed by atoms with Gasteiger partial charge in [-0.2, -0.15) is 8.78 Å². The van der Waals surface area contributed by atoms with Crippen LogP contribution in [0.1, 0.15) is 10.4 Å². The number of hydrogen-bond donors (Lipinski definition) is 1. The molecule has 1 aliphatic heterocycles. The van der Waals surface area contributed by atoms with E-state index in [1.807, 2.05) is 4.90 Å². The number of alkyl halides is 2. The molecule has 0 aliphatic carbocycles. The Morgan fingerprint density at radius 2 is 1.67 bits per heavy atom. The van der Waals surface area contributed by atoms with Gasteiger partial charge in [0.25, 0.3) is 0 Å². The lowest BCUT2D eigenvalue weighted by Crippen LogP contribution is -2.47. The fraction of sp³-hybridized carbons (Fsp3) is 0.273. The van der Waals surface area contributed by atoms with E-state index in [-0.39, 0.29) is 35.5 Å². The molecular weight excluding hydrogens is 446 g/mol. The summed E-state index contributed by atoms with van der Waals surface area (Å²) < 4.78 is 60.8.